The highest BCUT2D eigenvalue weighted by Crippen LogP contribution is 2.38. The molecule has 0 spiro atoms. The van der Waals surface area contributed by atoms with Gasteiger partial charge in [-0.25, -0.2) is 4.79 Å². The molecule has 0 aromatic carbocycles. The van der Waals surface area contributed by atoms with E-state index in [-0.39, 0.29) is 13.1 Å². The molecule has 1 aromatic rings. The predicted octanol–water partition coefficient (Wildman–Crippen LogP) is 2.29. The van der Waals surface area contributed by atoms with Crippen LogP contribution in [0.2, 0.25) is 0 Å². The highest BCUT2D eigenvalue weighted by Gasteiger charge is 2.51. The van der Waals surface area contributed by atoms with E-state index in [1.165, 1.54) is 4.90 Å². The maximum absolute atomic E-state index is 12.2. The Morgan fingerprint density at radius 2 is 2.09 bits per heavy atom. The first-order chi connectivity index (χ1) is 10.1. The van der Waals surface area contributed by atoms with Gasteiger partial charge in [0.25, 0.3) is 0 Å². The summed E-state index contributed by atoms with van der Waals surface area (Å²) in [6, 6.07) is 5.40. The number of nitrogens with zero attached hydrogens (tertiary/aromatic N) is 2. The topological polar surface area (TPSA) is 79.7 Å². The number of carbonyl (C=O) groups excluding carboxylic acids is 1. The van der Waals surface area contributed by atoms with Gasteiger partial charge in [-0.3, -0.25) is 9.78 Å². The Hall–Kier alpha value is -2.11. The maximum atomic E-state index is 12.2. The van der Waals surface area contributed by atoms with Gasteiger partial charge in [0, 0.05) is 30.4 Å². The Bertz CT molecular complexity index is 567. The summed E-state index contributed by atoms with van der Waals surface area (Å²) in [5.41, 5.74) is -0.669. The molecular formula is C16H22N2O4. The highest BCUT2D eigenvalue weighted by atomic mass is 16.6. The molecule has 1 amide bonds. The Kier molecular flexibility index (Phi) is 4.13. The molecule has 1 aliphatic heterocycles. The second kappa shape index (κ2) is 5.59. The van der Waals surface area contributed by atoms with Gasteiger partial charge >= 0.3 is 12.1 Å². The van der Waals surface area contributed by atoms with Crippen molar-refractivity contribution in [3.8, 4) is 0 Å². The fourth-order valence-corrected chi connectivity index (χ4v) is 2.77. The van der Waals surface area contributed by atoms with E-state index in [1.807, 2.05) is 13.0 Å². The van der Waals surface area contributed by atoms with Crippen LogP contribution in [-0.4, -0.2) is 45.7 Å². The van der Waals surface area contributed by atoms with E-state index < -0.39 is 29.0 Å². The van der Waals surface area contributed by atoms with E-state index >= 15 is 0 Å². The molecule has 0 saturated carbocycles. The quantitative estimate of drug-likeness (QED) is 0.907. The van der Waals surface area contributed by atoms with Crippen LogP contribution in [0.25, 0.3) is 0 Å². The van der Waals surface area contributed by atoms with Crippen molar-refractivity contribution >= 4 is 12.1 Å². The third kappa shape index (κ3) is 3.21. The van der Waals surface area contributed by atoms with Crippen molar-refractivity contribution < 1.29 is 19.4 Å². The fourth-order valence-electron chi connectivity index (χ4n) is 2.77. The molecule has 1 N–H and O–H groups in total. The molecule has 6 heteroatoms. The van der Waals surface area contributed by atoms with Gasteiger partial charge in [0.15, 0.2) is 0 Å². The number of aromatic nitrogens is 1. The molecule has 1 fully saturated rings. The minimum absolute atomic E-state index is 0.122. The number of carboxylic acid groups (broad SMARTS) is 1. The van der Waals surface area contributed by atoms with E-state index in [0.29, 0.717) is 5.69 Å². The normalized spacial score (nSPS) is 25.1. The summed E-state index contributed by atoms with van der Waals surface area (Å²) in [5, 5.41) is 9.54. The van der Waals surface area contributed by atoms with E-state index in [1.54, 1.807) is 39.1 Å². The zero-order valence-electron chi connectivity index (χ0n) is 13.4. The van der Waals surface area contributed by atoms with Gasteiger partial charge in [0.05, 0.1) is 5.92 Å². The lowest BCUT2D eigenvalue weighted by Gasteiger charge is -2.28. The molecule has 2 atom stereocenters. The summed E-state index contributed by atoms with van der Waals surface area (Å²) >= 11 is 0. The lowest BCUT2D eigenvalue weighted by atomic mass is 9.77. The molecule has 2 heterocycles. The lowest BCUT2D eigenvalue weighted by Crippen LogP contribution is -2.38. The molecule has 0 radical (unpaired) electrons. The van der Waals surface area contributed by atoms with Crippen LogP contribution in [0, 0.1) is 5.92 Å². The third-order valence-electron chi connectivity index (χ3n) is 3.89. The molecule has 1 aromatic heterocycles. The Labute approximate surface area is 130 Å². The van der Waals surface area contributed by atoms with Crippen LogP contribution in [-0.2, 0) is 14.9 Å². The van der Waals surface area contributed by atoms with Crippen LogP contribution in [0.4, 0.5) is 4.79 Å². The molecule has 0 aliphatic carbocycles. The molecule has 0 unspecified atom stereocenters. The molecule has 2 rings (SSSR count). The van der Waals surface area contributed by atoms with Crippen molar-refractivity contribution in [2.75, 3.05) is 13.1 Å². The predicted molar refractivity (Wildman–Crippen MR) is 80.5 cm³/mol. The minimum Gasteiger partial charge on any atom is -0.481 e. The zero-order valence-corrected chi connectivity index (χ0v) is 13.4. The highest BCUT2D eigenvalue weighted by molar-refractivity contribution is 5.76. The van der Waals surface area contributed by atoms with Gasteiger partial charge < -0.3 is 14.7 Å². The molecule has 1 saturated heterocycles. The summed E-state index contributed by atoms with van der Waals surface area (Å²) < 4.78 is 5.35. The van der Waals surface area contributed by atoms with Gasteiger partial charge in [-0.2, -0.15) is 0 Å². The maximum Gasteiger partial charge on any atom is 0.410 e. The first kappa shape index (κ1) is 16.3. The number of ether oxygens (including phenoxy) is 1. The van der Waals surface area contributed by atoms with E-state index in [4.69, 9.17) is 4.74 Å². The molecule has 22 heavy (non-hydrogen) atoms. The molecule has 120 valence electrons. The number of carboxylic acids is 1. The van der Waals surface area contributed by atoms with Crippen LogP contribution in [0.1, 0.15) is 33.4 Å². The summed E-state index contributed by atoms with van der Waals surface area (Å²) in [7, 11) is 0. The van der Waals surface area contributed by atoms with Crippen molar-refractivity contribution in [1.82, 2.24) is 9.88 Å². The number of hydrogen-bond donors (Lipinski definition) is 1. The van der Waals surface area contributed by atoms with Crippen molar-refractivity contribution in [2.24, 2.45) is 5.92 Å². The van der Waals surface area contributed by atoms with Gasteiger partial charge in [-0.15, -0.1) is 0 Å². The van der Waals surface area contributed by atoms with Crippen LogP contribution in [0.5, 0.6) is 0 Å². The summed E-state index contributed by atoms with van der Waals surface area (Å²) in [6.45, 7) is 7.58. The average Bonchev–Trinajstić information content (AvgIpc) is 2.78. The van der Waals surface area contributed by atoms with Crippen LogP contribution in [0.15, 0.2) is 24.4 Å². The Morgan fingerprint density at radius 1 is 1.41 bits per heavy atom. The van der Waals surface area contributed by atoms with E-state index in [2.05, 4.69) is 4.98 Å². The number of amides is 1. The summed E-state index contributed by atoms with van der Waals surface area (Å²) in [5.74, 6) is -1.64. The van der Waals surface area contributed by atoms with E-state index in [9.17, 15) is 14.7 Å². The Balaban J connectivity index is 2.28. The molecular weight excluding hydrogens is 284 g/mol. The largest absolute Gasteiger partial charge is 0.481 e. The zero-order chi connectivity index (χ0) is 16.5. The first-order valence-electron chi connectivity index (χ1n) is 7.26. The van der Waals surface area contributed by atoms with Crippen LogP contribution < -0.4 is 0 Å². The van der Waals surface area contributed by atoms with Gasteiger partial charge in [0.1, 0.15) is 5.60 Å². The summed E-state index contributed by atoms with van der Waals surface area (Å²) in [4.78, 5) is 29.6. The number of aliphatic carboxylic acids is 1. The summed E-state index contributed by atoms with van der Waals surface area (Å²) in [6.07, 6.45) is 1.15. The number of likely N-dealkylation sites (tertiary alicyclic amines) is 1. The first-order valence-corrected chi connectivity index (χ1v) is 7.26. The van der Waals surface area contributed by atoms with Crippen molar-refractivity contribution in [3.05, 3.63) is 30.1 Å². The Morgan fingerprint density at radius 3 is 2.59 bits per heavy atom. The monoisotopic (exact) mass is 306 g/mol. The number of pyridine rings is 1. The van der Waals surface area contributed by atoms with Gasteiger partial charge in [-0.1, -0.05) is 13.0 Å². The number of hydrogen-bond acceptors (Lipinski definition) is 4. The molecule has 6 nitrogen and oxygen atoms in total. The second-order valence-electron chi connectivity index (χ2n) is 6.88. The smallest absolute Gasteiger partial charge is 0.410 e. The van der Waals surface area contributed by atoms with Crippen LogP contribution >= 0.6 is 0 Å². The van der Waals surface area contributed by atoms with Gasteiger partial charge in [-0.05, 0) is 32.9 Å². The standard InChI is InChI=1S/C16H22N2O4/c1-15(2,3)22-14(21)18-9-11(13(19)20)16(4,10-18)12-7-5-6-8-17-12/h5-8,11H,9-10H2,1-4H3,(H,19,20)/t11-,16-/m0/s1. The van der Waals surface area contributed by atoms with Crippen molar-refractivity contribution in [3.63, 3.8) is 0 Å². The van der Waals surface area contributed by atoms with Crippen molar-refractivity contribution in [2.45, 2.75) is 38.7 Å². The van der Waals surface area contributed by atoms with Gasteiger partial charge in [0.2, 0.25) is 0 Å². The fraction of sp³-hybridized carbons (Fsp3) is 0.562. The van der Waals surface area contributed by atoms with Crippen molar-refractivity contribution in [1.29, 1.82) is 0 Å². The molecule has 1 aliphatic rings. The average molecular weight is 306 g/mol. The van der Waals surface area contributed by atoms with Crippen LogP contribution in [0.3, 0.4) is 0 Å². The number of carbonyl (C=O) groups is 2. The lowest BCUT2D eigenvalue weighted by molar-refractivity contribution is -0.142. The van der Waals surface area contributed by atoms with E-state index in [0.717, 1.165) is 0 Å². The minimum atomic E-state index is -0.931. The SMILES string of the molecule is CC(C)(C)OC(=O)N1C[C@@H](C(=O)O)[C@@](C)(c2ccccn2)C1. The molecule has 0 bridgehead atoms. The number of rotatable bonds is 2. The second-order valence-corrected chi connectivity index (χ2v) is 6.88. The third-order valence-corrected chi connectivity index (χ3v) is 3.89.